The monoisotopic (exact) mass is 259 g/mol. The van der Waals surface area contributed by atoms with Crippen LogP contribution in [0.4, 0.5) is 13.2 Å². The van der Waals surface area contributed by atoms with Crippen molar-refractivity contribution >= 4 is 0 Å². The van der Waals surface area contributed by atoms with Crippen LogP contribution in [0.25, 0.3) is 0 Å². The average molecular weight is 259 g/mol. The van der Waals surface area contributed by atoms with Gasteiger partial charge in [0.2, 0.25) is 5.92 Å². The standard InChI is InChI=1S/C13H16F3NO/c14-10-3-4-11(17-8-10)12(18)6-9-2-1-5-13(15,16)7-9/h3-4,8-9,12,18H,1-2,5-7H2. The molecule has 2 unspecified atom stereocenters. The van der Waals surface area contributed by atoms with Crippen LogP contribution in [0, 0.1) is 11.7 Å². The third kappa shape index (κ3) is 3.45. The number of aliphatic hydroxyl groups excluding tert-OH is 1. The van der Waals surface area contributed by atoms with Gasteiger partial charge in [0.1, 0.15) is 5.82 Å². The van der Waals surface area contributed by atoms with E-state index in [1.165, 1.54) is 12.1 Å². The molecule has 1 saturated carbocycles. The van der Waals surface area contributed by atoms with E-state index in [2.05, 4.69) is 4.98 Å². The average Bonchev–Trinajstić information content (AvgIpc) is 2.28. The molecular weight excluding hydrogens is 243 g/mol. The van der Waals surface area contributed by atoms with E-state index in [4.69, 9.17) is 0 Å². The van der Waals surface area contributed by atoms with Crippen LogP contribution in [0.15, 0.2) is 18.3 Å². The van der Waals surface area contributed by atoms with Gasteiger partial charge in [0, 0.05) is 12.8 Å². The number of rotatable bonds is 3. The summed E-state index contributed by atoms with van der Waals surface area (Å²) in [6, 6.07) is 2.60. The summed E-state index contributed by atoms with van der Waals surface area (Å²) in [6.45, 7) is 0. The Bertz CT molecular complexity index is 394. The molecule has 0 aromatic carbocycles. The number of nitrogens with zero attached hydrogens (tertiary/aromatic N) is 1. The Kier molecular flexibility index (Phi) is 3.90. The molecule has 100 valence electrons. The first-order chi connectivity index (χ1) is 8.46. The van der Waals surface area contributed by atoms with Gasteiger partial charge in [-0.15, -0.1) is 0 Å². The highest BCUT2D eigenvalue weighted by atomic mass is 19.3. The molecule has 1 N–H and O–H groups in total. The summed E-state index contributed by atoms with van der Waals surface area (Å²) in [5, 5.41) is 9.90. The number of aromatic nitrogens is 1. The molecule has 2 atom stereocenters. The molecule has 1 heterocycles. The van der Waals surface area contributed by atoms with Crippen molar-refractivity contribution in [1.82, 2.24) is 4.98 Å². The molecule has 18 heavy (non-hydrogen) atoms. The SMILES string of the molecule is OC(CC1CCCC(F)(F)C1)c1ccc(F)cn1. The Hall–Kier alpha value is -1.10. The summed E-state index contributed by atoms with van der Waals surface area (Å²) < 4.78 is 39.1. The quantitative estimate of drug-likeness (QED) is 0.901. The van der Waals surface area contributed by atoms with Crippen LogP contribution in [0.1, 0.15) is 43.9 Å². The fourth-order valence-corrected chi connectivity index (χ4v) is 2.50. The summed E-state index contributed by atoms with van der Waals surface area (Å²) >= 11 is 0. The van der Waals surface area contributed by atoms with Gasteiger partial charge in [-0.05, 0) is 37.3 Å². The second-order valence-corrected chi connectivity index (χ2v) is 4.97. The second-order valence-electron chi connectivity index (χ2n) is 4.97. The predicted octanol–water partition coefficient (Wildman–Crippen LogP) is 3.47. The van der Waals surface area contributed by atoms with E-state index in [0.29, 0.717) is 18.5 Å². The van der Waals surface area contributed by atoms with E-state index >= 15 is 0 Å². The van der Waals surface area contributed by atoms with E-state index in [9.17, 15) is 18.3 Å². The Morgan fingerprint density at radius 3 is 2.83 bits per heavy atom. The van der Waals surface area contributed by atoms with Crippen molar-refractivity contribution in [2.45, 2.75) is 44.1 Å². The number of hydrogen-bond donors (Lipinski definition) is 1. The van der Waals surface area contributed by atoms with Crippen LogP contribution in [0.3, 0.4) is 0 Å². The molecule has 2 rings (SSSR count). The molecule has 2 nitrogen and oxygen atoms in total. The maximum absolute atomic E-state index is 13.2. The smallest absolute Gasteiger partial charge is 0.248 e. The summed E-state index contributed by atoms with van der Waals surface area (Å²) in [6.07, 6.45) is 1.33. The van der Waals surface area contributed by atoms with Crippen LogP contribution >= 0.6 is 0 Å². The fourth-order valence-electron chi connectivity index (χ4n) is 2.50. The van der Waals surface area contributed by atoms with E-state index in [1.54, 1.807) is 0 Å². The molecular formula is C13H16F3NO. The topological polar surface area (TPSA) is 33.1 Å². The maximum Gasteiger partial charge on any atom is 0.248 e. The molecule has 1 aliphatic rings. The van der Waals surface area contributed by atoms with Gasteiger partial charge in [-0.1, -0.05) is 0 Å². The number of aliphatic hydroxyl groups is 1. The van der Waals surface area contributed by atoms with Gasteiger partial charge in [-0.25, -0.2) is 13.2 Å². The lowest BCUT2D eigenvalue weighted by molar-refractivity contribution is -0.0592. The van der Waals surface area contributed by atoms with E-state index in [0.717, 1.165) is 6.20 Å². The summed E-state index contributed by atoms with van der Waals surface area (Å²) in [5.41, 5.74) is 0.338. The van der Waals surface area contributed by atoms with Crippen LogP contribution in [0.2, 0.25) is 0 Å². The highest BCUT2D eigenvalue weighted by Gasteiger charge is 2.36. The number of alkyl halides is 2. The van der Waals surface area contributed by atoms with E-state index in [-0.39, 0.29) is 25.2 Å². The predicted molar refractivity (Wildman–Crippen MR) is 60.7 cm³/mol. The first-order valence-electron chi connectivity index (χ1n) is 6.14. The lowest BCUT2D eigenvalue weighted by atomic mass is 9.82. The first-order valence-corrected chi connectivity index (χ1v) is 6.14. The Morgan fingerprint density at radius 2 is 2.22 bits per heavy atom. The summed E-state index contributed by atoms with van der Waals surface area (Å²) in [4.78, 5) is 3.77. The molecule has 0 amide bonds. The van der Waals surface area contributed by atoms with Gasteiger partial charge in [-0.3, -0.25) is 4.98 Å². The first kappa shape index (κ1) is 13.3. The van der Waals surface area contributed by atoms with E-state index < -0.39 is 17.8 Å². The van der Waals surface area contributed by atoms with Gasteiger partial charge >= 0.3 is 0 Å². The molecule has 1 fully saturated rings. The van der Waals surface area contributed by atoms with Gasteiger partial charge in [0.15, 0.2) is 0 Å². The van der Waals surface area contributed by atoms with Crippen molar-refractivity contribution in [3.05, 3.63) is 29.8 Å². The summed E-state index contributed by atoms with van der Waals surface area (Å²) in [5.74, 6) is -3.29. The van der Waals surface area contributed by atoms with Crippen LogP contribution in [0.5, 0.6) is 0 Å². The fraction of sp³-hybridized carbons (Fsp3) is 0.615. The Balaban J connectivity index is 1.94. The number of pyridine rings is 1. The van der Waals surface area contributed by atoms with Crippen molar-refractivity contribution in [2.24, 2.45) is 5.92 Å². The van der Waals surface area contributed by atoms with Crippen molar-refractivity contribution < 1.29 is 18.3 Å². The van der Waals surface area contributed by atoms with Gasteiger partial charge < -0.3 is 5.11 Å². The van der Waals surface area contributed by atoms with Crippen molar-refractivity contribution in [2.75, 3.05) is 0 Å². The van der Waals surface area contributed by atoms with Crippen molar-refractivity contribution in [1.29, 1.82) is 0 Å². The van der Waals surface area contributed by atoms with Gasteiger partial charge in [-0.2, -0.15) is 0 Å². The molecule has 0 aliphatic heterocycles. The van der Waals surface area contributed by atoms with Gasteiger partial charge in [0.05, 0.1) is 18.0 Å². The molecule has 0 bridgehead atoms. The van der Waals surface area contributed by atoms with Crippen LogP contribution in [-0.2, 0) is 0 Å². The van der Waals surface area contributed by atoms with E-state index in [1.807, 2.05) is 0 Å². The summed E-state index contributed by atoms with van der Waals surface area (Å²) in [7, 11) is 0. The Morgan fingerprint density at radius 1 is 1.44 bits per heavy atom. The largest absolute Gasteiger partial charge is 0.387 e. The highest BCUT2D eigenvalue weighted by molar-refractivity contribution is 5.08. The zero-order valence-corrected chi connectivity index (χ0v) is 9.95. The zero-order valence-electron chi connectivity index (χ0n) is 9.95. The van der Waals surface area contributed by atoms with Crippen LogP contribution < -0.4 is 0 Å². The highest BCUT2D eigenvalue weighted by Crippen LogP contribution is 2.40. The second kappa shape index (κ2) is 5.26. The maximum atomic E-state index is 13.2. The van der Waals surface area contributed by atoms with Crippen LogP contribution in [-0.4, -0.2) is 16.0 Å². The molecule has 0 saturated heterocycles. The molecule has 0 spiro atoms. The molecule has 1 aromatic heterocycles. The normalized spacial score (nSPS) is 24.8. The molecule has 5 heteroatoms. The third-order valence-corrected chi connectivity index (χ3v) is 3.39. The van der Waals surface area contributed by atoms with Gasteiger partial charge in [0.25, 0.3) is 0 Å². The molecule has 0 radical (unpaired) electrons. The minimum absolute atomic E-state index is 0.0611. The molecule has 1 aliphatic carbocycles. The molecule has 1 aromatic rings. The third-order valence-electron chi connectivity index (χ3n) is 3.39. The lowest BCUT2D eigenvalue weighted by Gasteiger charge is -2.29. The number of halogens is 3. The minimum atomic E-state index is -2.61. The zero-order chi connectivity index (χ0) is 13.2. The van der Waals surface area contributed by atoms with Crippen molar-refractivity contribution in [3.63, 3.8) is 0 Å². The Labute approximate surface area is 104 Å². The number of hydrogen-bond acceptors (Lipinski definition) is 2. The minimum Gasteiger partial charge on any atom is -0.387 e. The lowest BCUT2D eigenvalue weighted by Crippen LogP contribution is -2.27. The van der Waals surface area contributed by atoms with Crippen molar-refractivity contribution in [3.8, 4) is 0 Å².